The van der Waals surface area contributed by atoms with Gasteiger partial charge in [-0.05, 0) is 6.07 Å². The Labute approximate surface area is 95.8 Å². The van der Waals surface area contributed by atoms with Crippen LogP contribution in [0.5, 0.6) is 5.75 Å². The first kappa shape index (κ1) is 13.3. The van der Waals surface area contributed by atoms with Gasteiger partial charge in [0.15, 0.2) is 0 Å². The maximum Gasteiger partial charge on any atom is 0.390 e. The van der Waals surface area contributed by atoms with E-state index in [4.69, 9.17) is 9.84 Å². The molecule has 1 N–H and O–H groups in total. The van der Waals surface area contributed by atoms with Crippen molar-refractivity contribution in [3.8, 4) is 5.75 Å². The van der Waals surface area contributed by atoms with Crippen molar-refractivity contribution in [2.75, 3.05) is 7.11 Å². The minimum atomic E-state index is -4.54. The molecule has 1 aromatic rings. The number of hydrogen-bond donors (Lipinski definition) is 1. The van der Waals surface area contributed by atoms with Gasteiger partial charge in [0.1, 0.15) is 5.75 Å². The molecule has 1 atom stereocenters. The summed E-state index contributed by atoms with van der Waals surface area (Å²) in [5, 5.41) is 8.85. The van der Waals surface area contributed by atoms with Crippen LogP contribution in [0.2, 0.25) is 0 Å². The molecule has 1 aromatic carbocycles. The van der Waals surface area contributed by atoms with Crippen molar-refractivity contribution in [1.29, 1.82) is 0 Å². The summed E-state index contributed by atoms with van der Waals surface area (Å²) in [5.41, 5.74) is 0.0276. The molecule has 0 saturated carbocycles. The third-order valence-electron chi connectivity index (χ3n) is 2.25. The van der Waals surface area contributed by atoms with Gasteiger partial charge in [0.05, 0.1) is 19.4 Å². The van der Waals surface area contributed by atoms with E-state index in [1.54, 1.807) is 6.07 Å². The lowest BCUT2D eigenvalue weighted by Crippen LogP contribution is -2.21. The Bertz CT molecular complexity index is 401. The van der Waals surface area contributed by atoms with Crippen LogP contribution in [-0.4, -0.2) is 24.4 Å². The molecule has 0 bridgehead atoms. The average Bonchev–Trinajstić information content (AvgIpc) is 2.24. The van der Waals surface area contributed by atoms with Gasteiger partial charge in [-0.25, -0.2) is 0 Å². The number of carboxylic acids is 1. The molecular weight excluding hydrogens is 237 g/mol. The number of aliphatic carboxylic acids is 1. The Balaban J connectivity index is 3.10. The van der Waals surface area contributed by atoms with E-state index < -0.39 is 24.5 Å². The number of para-hydroxylation sites is 1. The molecule has 0 spiro atoms. The van der Waals surface area contributed by atoms with Gasteiger partial charge in [0.2, 0.25) is 0 Å². The van der Waals surface area contributed by atoms with E-state index in [9.17, 15) is 18.0 Å². The zero-order chi connectivity index (χ0) is 13.1. The number of rotatable bonds is 4. The highest BCUT2D eigenvalue weighted by atomic mass is 19.4. The normalized spacial score (nSPS) is 13.2. The van der Waals surface area contributed by atoms with Crippen molar-refractivity contribution in [2.24, 2.45) is 0 Å². The predicted molar refractivity (Wildman–Crippen MR) is 54.0 cm³/mol. The number of ether oxygens (including phenoxy) is 1. The minimum absolute atomic E-state index is 0.0276. The first-order valence-electron chi connectivity index (χ1n) is 4.77. The minimum Gasteiger partial charge on any atom is -0.496 e. The summed E-state index contributed by atoms with van der Waals surface area (Å²) in [6, 6.07) is 5.80. The van der Waals surface area contributed by atoms with Gasteiger partial charge in [-0.1, -0.05) is 18.2 Å². The summed E-state index contributed by atoms with van der Waals surface area (Å²) in [6.45, 7) is 0. The van der Waals surface area contributed by atoms with E-state index in [1.165, 1.54) is 25.3 Å². The number of alkyl halides is 3. The van der Waals surface area contributed by atoms with E-state index >= 15 is 0 Å². The maximum atomic E-state index is 12.3. The molecule has 0 heterocycles. The van der Waals surface area contributed by atoms with E-state index in [1.807, 2.05) is 0 Å². The van der Waals surface area contributed by atoms with E-state index in [0.717, 1.165) is 0 Å². The monoisotopic (exact) mass is 248 g/mol. The lowest BCUT2D eigenvalue weighted by molar-refractivity contribution is -0.157. The molecule has 0 saturated heterocycles. The van der Waals surface area contributed by atoms with Crippen molar-refractivity contribution in [3.05, 3.63) is 29.8 Å². The Morgan fingerprint density at radius 2 is 2.00 bits per heavy atom. The van der Waals surface area contributed by atoms with Crippen molar-refractivity contribution in [1.82, 2.24) is 0 Å². The largest absolute Gasteiger partial charge is 0.496 e. The van der Waals surface area contributed by atoms with Crippen molar-refractivity contribution in [3.63, 3.8) is 0 Å². The number of carboxylic acid groups (broad SMARTS) is 1. The second-order valence-corrected chi connectivity index (χ2v) is 3.45. The summed E-state index contributed by atoms with van der Waals surface area (Å²) in [4.78, 5) is 10.9. The molecule has 1 unspecified atom stereocenters. The van der Waals surface area contributed by atoms with E-state index in [2.05, 4.69) is 0 Å². The molecule has 17 heavy (non-hydrogen) atoms. The highest BCUT2D eigenvalue weighted by Crippen LogP contribution is 2.35. The van der Waals surface area contributed by atoms with Crippen LogP contribution >= 0.6 is 0 Å². The number of halogens is 3. The van der Waals surface area contributed by atoms with Crippen LogP contribution < -0.4 is 4.74 Å². The summed E-state index contributed by atoms with van der Waals surface area (Å²) in [5.74, 6) is -3.03. The first-order valence-corrected chi connectivity index (χ1v) is 4.77. The van der Waals surface area contributed by atoms with Crippen LogP contribution in [0.15, 0.2) is 24.3 Å². The molecule has 1 rings (SSSR count). The lowest BCUT2D eigenvalue weighted by Gasteiger charge is -2.17. The predicted octanol–water partition coefficient (Wildman–Crippen LogP) is 2.82. The van der Waals surface area contributed by atoms with Gasteiger partial charge < -0.3 is 9.84 Å². The third kappa shape index (κ3) is 3.65. The molecule has 0 aliphatic rings. The fraction of sp³-hybridized carbons (Fsp3) is 0.364. The Morgan fingerprint density at radius 1 is 1.41 bits per heavy atom. The molecule has 0 aliphatic heterocycles. The van der Waals surface area contributed by atoms with Crippen LogP contribution in [0, 0.1) is 0 Å². The summed E-state index contributed by atoms with van der Waals surface area (Å²) >= 11 is 0. The van der Waals surface area contributed by atoms with Crippen LogP contribution in [0.25, 0.3) is 0 Å². The topological polar surface area (TPSA) is 46.5 Å². The molecule has 94 valence electrons. The Morgan fingerprint density at radius 3 is 2.47 bits per heavy atom. The maximum absolute atomic E-state index is 12.3. The van der Waals surface area contributed by atoms with E-state index in [-0.39, 0.29) is 11.3 Å². The zero-order valence-corrected chi connectivity index (χ0v) is 8.99. The molecule has 0 radical (unpaired) electrons. The van der Waals surface area contributed by atoms with Gasteiger partial charge >= 0.3 is 12.1 Å². The van der Waals surface area contributed by atoms with Crippen molar-refractivity contribution < 1.29 is 27.8 Å². The quantitative estimate of drug-likeness (QED) is 0.891. The van der Waals surface area contributed by atoms with Crippen molar-refractivity contribution in [2.45, 2.75) is 18.5 Å². The van der Waals surface area contributed by atoms with Crippen LogP contribution in [0.4, 0.5) is 13.2 Å². The van der Waals surface area contributed by atoms with Crippen molar-refractivity contribution >= 4 is 5.97 Å². The lowest BCUT2D eigenvalue weighted by atomic mass is 9.95. The molecule has 3 nitrogen and oxygen atoms in total. The first-order chi connectivity index (χ1) is 7.85. The molecule has 0 amide bonds. The number of benzene rings is 1. The second-order valence-electron chi connectivity index (χ2n) is 3.45. The van der Waals surface area contributed by atoms with Crippen LogP contribution in [0.3, 0.4) is 0 Å². The second kappa shape index (κ2) is 5.07. The Hall–Kier alpha value is -1.72. The fourth-order valence-corrected chi connectivity index (χ4v) is 1.52. The molecule has 6 heteroatoms. The van der Waals surface area contributed by atoms with Gasteiger partial charge in [-0.3, -0.25) is 4.79 Å². The zero-order valence-electron chi connectivity index (χ0n) is 8.99. The van der Waals surface area contributed by atoms with Crippen LogP contribution in [0.1, 0.15) is 17.9 Å². The fourth-order valence-electron chi connectivity index (χ4n) is 1.52. The number of carbonyl (C=O) groups is 1. The highest BCUT2D eigenvalue weighted by Gasteiger charge is 2.37. The summed E-state index contributed by atoms with van der Waals surface area (Å²) < 4.78 is 41.7. The van der Waals surface area contributed by atoms with Crippen LogP contribution in [-0.2, 0) is 4.79 Å². The average molecular weight is 248 g/mol. The summed E-state index contributed by atoms with van der Waals surface area (Å²) in [7, 11) is 1.28. The number of hydrogen-bond acceptors (Lipinski definition) is 2. The SMILES string of the molecule is COc1ccccc1C(CC(F)(F)F)C(=O)O. The van der Waals surface area contributed by atoms with Gasteiger partial charge in [0.25, 0.3) is 0 Å². The molecule has 0 aliphatic carbocycles. The highest BCUT2D eigenvalue weighted by molar-refractivity contribution is 5.77. The van der Waals surface area contributed by atoms with Gasteiger partial charge in [-0.2, -0.15) is 13.2 Å². The smallest absolute Gasteiger partial charge is 0.390 e. The summed E-state index contributed by atoms with van der Waals surface area (Å²) in [6.07, 6.45) is -5.95. The molecule has 0 aromatic heterocycles. The number of methoxy groups -OCH3 is 1. The van der Waals surface area contributed by atoms with E-state index in [0.29, 0.717) is 0 Å². The van der Waals surface area contributed by atoms with Gasteiger partial charge in [-0.15, -0.1) is 0 Å². The Kier molecular flexibility index (Phi) is 3.98. The standard InChI is InChI=1S/C11H11F3O3/c1-17-9-5-3-2-4-7(9)8(10(15)16)6-11(12,13)14/h2-5,8H,6H2,1H3,(H,15,16). The van der Waals surface area contributed by atoms with Gasteiger partial charge in [0, 0.05) is 5.56 Å². The molecular formula is C11H11F3O3. The molecule has 0 fully saturated rings. The third-order valence-corrected chi connectivity index (χ3v) is 2.25.